The van der Waals surface area contributed by atoms with Crippen molar-refractivity contribution in [3.63, 3.8) is 0 Å². The molecule has 0 fully saturated rings. The molecule has 0 saturated carbocycles. The van der Waals surface area contributed by atoms with Crippen molar-refractivity contribution in [2.75, 3.05) is 0 Å². The number of hydrogen-bond acceptors (Lipinski definition) is 10. The molecule has 0 aliphatic heterocycles. The Bertz CT molecular complexity index is 1150. The average Bonchev–Trinajstić information content (AvgIpc) is 3.49. The summed E-state index contributed by atoms with van der Waals surface area (Å²) in [5.74, 6) is 0. The number of thiophene rings is 2. The van der Waals surface area contributed by atoms with Gasteiger partial charge in [0.2, 0.25) is 0 Å². The number of halogens is 1. The van der Waals surface area contributed by atoms with E-state index in [2.05, 4.69) is 25.9 Å². The highest BCUT2D eigenvalue weighted by molar-refractivity contribution is 9.10. The first-order valence-electron chi connectivity index (χ1n) is 8.59. The Morgan fingerprint density at radius 1 is 0.848 bits per heavy atom. The standard InChI is InChI=1S/C9H6N2O2S.C5H3BrN2O2.C4H5BO2S.CH4/c12-11(13)7-3-1-5-10-9(7)8-4-2-6-14-8;6-5-4(8(9)10)2-1-3-7-5;6-5(7)4-2-1-3-8-4;/h1-6H;1-3H;1-3,6-7H;1H4. The fourth-order valence-electron chi connectivity index (χ4n) is 2.10. The van der Waals surface area contributed by atoms with Gasteiger partial charge in [0.25, 0.3) is 5.69 Å². The minimum Gasteiger partial charge on any atom is -0.423 e. The summed E-state index contributed by atoms with van der Waals surface area (Å²) < 4.78 is 0.852. The highest BCUT2D eigenvalue weighted by Gasteiger charge is 2.16. The van der Waals surface area contributed by atoms with E-state index in [1.807, 2.05) is 17.5 Å². The van der Waals surface area contributed by atoms with Crippen molar-refractivity contribution in [1.82, 2.24) is 9.97 Å². The third-order valence-electron chi connectivity index (χ3n) is 3.47. The van der Waals surface area contributed by atoms with Crippen molar-refractivity contribution in [3.05, 3.63) is 96.5 Å². The van der Waals surface area contributed by atoms with Gasteiger partial charge in [0.1, 0.15) is 0 Å². The van der Waals surface area contributed by atoms with Crippen LogP contribution in [-0.2, 0) is 0 Å². The molecule has 4 rings (SSSR count). The molecule has 4 aromatic rings. The maximum atomic E-state index is 10.7. The number of hydrogen-bond donors (Lipinski definition) is 2. The summed E-state index contributed by atoms with van der Waals surface area (Å²) in [5, 5.41) is 41.5. The van der Waals surface area contributed by atoms with E-state index < -0.39 is 17.0 Å². The van der Waals surface area contributed by atoms with Crippen LogP contribution in [0.2, 0.25) is 0 Å². The molecule has 2 N–H and O–H groups in total. The predicted molar refractivity (Wildman–Crippen MR) is 134 cm³/mol. The van der Waals surface area contributed by atoms with Crippen LogP contribution in [0, 0.1) is 20.2 Å². The Morgan fingerprint density at radius 3 is 1.85 bits per heavy atom. The van der Waals surface area contributed by atoms with Gasteiger partial charge in [-0.15, -0.1) is 11.3 Å². The van der Waals surface area contributed by atoms with Gasteiger partial charge in [0.15, 0.2) is 10.3 Å². The van der Waals surface area contributed by atoms with Gasteiger partial charge in [0.05, 0.1) is 14.7 Å². The Hall–Kier alpha value is -3.04. The molecule has 0 aromatic carbocycles. The van der Waals surface area contributed by atoms with Crippen LogP contribution in [0.5, 0.6) is 0 Å². The summed E-state index contributed by atoms with van der Waals surface area (Å²) in [4.78, 5) is 28.4. The third-order valence-corrected chi connectivity index (χ3v) is 5.87. The van der Waals surface area contributed by atoms with E-state index in [-0.39, 0.29) is 23.4 Å². The van der Waals surface area contributed by atoms with Gasteiger partial charge in [-0.25, -0.2) is 9.97 Å². The summed E-state index contributed by atoms with van der Waals surface area (Å²) in [6.07, 6.45) is 3.04. The lowest BCUT2D eigenvalue weighted by Crippen LogP contribution is -2.26. The zero-order valence-corrected chi connectivity index (χ0v) is 19.2. The van der Waals surface area contributed by atoms with Crippen molar-refractivity contribution in [1.29, 1.82) is 0 Å². The van der Waals surface area contributed by atoms with Gasteiger partial charge < -0.3 is 10.0 Å². The second-order valence-electron chi connectivity index (χ2n) is 5.57. The van der Waals surface area contributed by atoms with Gasteiger partial charge in [-0.3, -0.25) is 20.2 Å². The molecule has 0 atom stereocenters. The van der Waals surface area contributed by atoms with Crippen molar-refractivity contribution >= 4 is 61.9 Å². The Balaban J connectivity index is 0.000000255. The van der Waals surface area contributed by atoms with E-state index in [0.717, 1.165) is 4.88 Å². The van der Waals surface area contributed by atoms with Crippen molar-refractivity contribution in [3.8, 4) is 10.6 Å². The number of rotatable bonds is 4. The Kier molecular flexibility index (Phi) is 12.0. The smallest absolute Gasteiger partial charge is 0.423 e. The molecule has 0 aliphatic rings. The molecular weight excluding hydrogens is 535 g/mol. The monoisotopic (exact) mass is 552 g/mol. The largest absolute Gasteiger partial charge is 0.499 e. The SMILES string of the molecule is C.O=[N+]([O-])c1cccnc1-c1cccs1.O=[N+]([O-])c1cccnc1Br.OB(O)c1cccs1. The van der Waals surface area contributed by atoms with Crippen LogP contribution in [-0.4, -0.2) is 37.0 Å². The van der Waals surface area contributed by atoms with E-state index in [0.29, 0.717) is 10.5 Å². The lowest BCUT2D eigenvalue weighted by atomic mass is 9.90. The number of aromatic nitrogens is 2. The minimum atomic E-state index is -1.30. The molecule has 0 bridgehead atoms. The Morgan fingerprint density at radius 2 is 1.42 bits per heavy atom. The van der Waals surface area contributed by atoms with Crippen LogP contribution >= 0.6 is 38.6 Å². The van der Waals surface area contributed by atoms with Gasteiger partial charge in [-0.05, 0) is 44.9 Å². The molecule has 172 valence electrons. The first-order valence-corrected chi connectivity index (χ1v) is 11.1. The van der Waals surface area contributed by atoms with Crippen molar-refractivity contribution in [2.24, 2.45) is 0 Å². The molecule has 0 amide bonds. The predicted octanol–water partition coefficient (Wildman–Crippen LogP) is 4.53. The molecular formula is C19H18BBrN4O6S2. The van der Waals surface area contributed by atoms with Crippen LogP contribution in [0.3, 0.4) is 0 Å². The van der Waals surface area contributed by atoms with E-state index in [4.69, 9.17) is 10.0 Å². The molecule has 4 aromatic heterocycles. The topological polar surface area (TPSA) is 153 Å². The van der Waals surface area contributed by atoms with Gasteiger partial charge in [0, 0.05) is 29.3 Å². The van der Waals surface area contributed by atoms with Crippen LogP contribution in [0.25, 0.3) is 10.6 Å². The molecule has 10 nitrogen and oxygen atoms in total. The summed E-state index contributed by atoms with van der Waals surface area (Å²) in [7, 11) is -1.30. The van der Waals surface area contributed by atoms with Crippen LogP contribution < -0.4 is 4.78 Å². The number of nitrogens with zero attached hydrogens (tertiary/aromatic N) is 4. The molecule has 14 heteroatoms. The quantitative estimate of drug-likeness (QED) is 0.162. The third kappa shape index (κ3) is 8.78. The summed E-state index contributed by atoms with van der Waals surface area (Å²) in [6, 6.07) is 13.0. The van der Waals surface area contributed by atoms with Crippen LogP contribution in [0.4, 0.5) is 11.4 Å². The van der Waals surface area contributed by atoms with Gasteiger partial charge in [-0.1, -0.05) is 25.6 Å². The molecule has 4 heterocycles. The first-order chi connectivity index (χ1) is 15.3. The maximum Gasteiger partial charge on any atom is 0.499 e. The maximum absolute atomic E-state index is 10.7. The van der Waals surface area contributed by atoms with E-state index in [1.165, 1.54) is 47.1 Å². The fourth-order valence-corrected chi connectivity index (χ4v) is 3.82. The fraction of sp³-hybridized carbons (Fsp3) is 0.0526. The highest BCUT2D eigenvalue weighted by Crippen LogP contribution is 2.30. The molecule has 0 unspecified atom stereocenters. The molecule has 0 spiro atoms. The normalized spacial score (nSPS) is 9.30. The zero-order chi connectivity index (χ0) is 23.5. The van der Waals surface area contributed by atoms with E-state index in [1.54, 1.807) is 29.8 Å². The second kappa shape index (κ2) is 14.2. The van der Waals surface area contributed by atoms with Crippen molar-refractivity contribution in [2.45, 2.75) is 7.43 Å². The van der Waals surface area contributed by atoms with Crippen molar-refractivity contribution < 1.29 is 19.9 Å². The number of nitro groups is 2. The first kappa shape index (κ1) is 28.0. The Labute approximate surface area is 205 Å². The van der Waals surface area contributed by atoms with E-state index >= 15 is 0 Å². The van der Waals surface area contributed by atoms with Crippen LogP contribution in [0.15, 0.2) is 76.3 Å². The molecule has 0 saturated heterocycles. The second-order valence-corrected chi connectivity index (χ2v) is 8.24. The van der Waals surface area contributed by atoms with Gasteiger partial charge in [-0.2, -0.15) is 11.3 Å². The lowest BCUT2D eigenvalue weighted by Gasteiger charge is -1.97. The minimum absolute atomic E-state index is 0. The van der Waals surface area contributed by atoms with Crippen LogP contribution in [0.1, 0.15) is 7.43 Å². The highest BCUT2D eigenvalue weighted by atomic mass is 79.9. The molecule has 33 heavy (non-hydrogen) atoms. The molecule has 0 radical (unpaired) electrons. The number of pyridine rings is 2. The summed E-state index contributed by atoms with van der Waals surface area (Å²) in [5.41, 5.74) is 0.477. The average molecular weight is 553 g/mol. The summed E-state index contributed by atoms with van der Waals surface area (Å²) in [6.45, 7) is 0. The van der Waals surface area contributed by atoms with E-state index in [9.17, 15) is 20.2 Å². The molecule has 0 aliphatic carbocycles. The summed E-state index contributed by atoms with van der Waals surface area (Å²) >= 11 is 5.72. The zero-order valence-electron chi connectivity index (χ0n) is 16.0. The van der Waals surface area contributed by atoms with Gasteiger partial charge >= 0.3 is 12.8 Å². The lowest BCUT2D eigenvalue weighted by molar-refractivity contribution is -0.386.